The Balaban J connectivity index is 2.49. The Hall–Kier alpha value is -1.61. The number of unbranched alkanes of at least 4 members (excludes halogenated alkanes) is 1. The fraction of sp³-hybridized carbons (Fsp3) is 0.533. The van der Waals surface area contributed by atoms with Gasteiger partial charge in [0.05, 0.1) is 4.90 Å². The first kappa shape index (κ1) is 18.7. The third-order valence-corrected chi connectivity index (χ3v) is 5.53. The van der Waals surface area contributed by atoms with Gasteiger partial charge in [-0.15, -0.1) is 4.41 Å². The predicted molar refractivity (Wildman–Crippen MR) is 82.8 cm³/mol. The standard InChI is InChI=1S/C15H19F3N2O3S/c1-3-4-5-12-10-14(21,15(16,17)18)20(19-12)24(22,23)13-8-6-11(2)7-9-13/h6-9,21H,3-5,10H2,1-2H3/t14-/m0/s1. The monoisotopic (exact) mass is 364 g/mol. The van der Waals surface area contributed by atoms with Crippen LogP contribution in [0.25, 0.3) is 0 Å². The molecule has 5 nitrogen and oxygen atoms in total. The van der Waals surface area contributed by atoms with Gasteiger partial charge in [0.25, 0.3) is 15.7 Å². The highest BCUT2D eigenvalue weighted by Gasteiger charge is 2.64. The minimum absolute atomic E-state index is 0.0207. The smallest absolute Gasteiger partial charge is 0.361 e. The molecule has 0 spiro atoms. The highest BCUT2D eigenvalue weighted by Crippen LogP contribution is 2.43. The van der Waals surface area contributed by atoms with Crippen LogP contribution in [-0.2, 0) is 10.0 Å². The summed E-state index contributed by atoms with van der Waals surface area (Å²) in [5.74, 6) is 0. The zero-order valence-corrected chi connectivity index (χ0v) is 14.2. The SMILES string of the molecule is CCCCC1=NN(S(=O)(=O)c2ccc(C)cc2)[C@@](O)(C(F)(F)F)C1. The van der Waals surface area contributed by atoms with Crippen molar-refractivity contribution in [2.75, 3.05) is 0 Å². The Morgan fingerprint density at radius 1 is 1.29 bits per heavy atom. The maximum atomic E-state index is 13.4. The van der Waals surface area contributed by atoms with Crippen molar-refractivity contribution >= 4 is 15.7 Å². The third kappa shape index (κ3) is 3.27. The Kier molecular flexibility index (Phi) is 4.96. The van der Waals surface area contributed by atoms with E-state index in [2.05, 4.69) is 5.10 Å². The van der Waals surface area contributed by atoms with Gasteiger partial charge in [-0.3, -0.25) is 0 Å². The summed E-state index contributed by atoms with van der Waals surface area (Å²) < 4.78 is 65.1. The molecule has 0 aromatic heterocycles. The van der Waals surface area contributed by atoms with Crippen molar-refractivity contribution in [3.8, 4) is 0 Å². The second kappa shape index (κ2) is 6.36. The van der Waals surface area contributed by atoms with E-state index in [4.69, 9.17) is 0 Å². The van der Waals surface area contributed by atoms with Crippen LogP contribution in [0.3, 0.4) is 0 Å². The zero-order chi connectivity index (χ0) is 18.2. The summed E-state index contributed by atoms with van der Waals surface area (Å²) in [4.78, 5) is -0.351. The summed E-state index contributed by atoms with van der Waals surface area (Å²) in [5, 5.41) is 13.7. The van der Waals surface area contributed by atoms with Gasteiger partial charge in [-0.2, -0.15) is 26.7 Å². The first-order valence-electron chi connectivity index (χ1n) is 7.50. The molecular formula is C15H19F3N2O3S. The molecule has 0 saturated carbocycles. The molecule has 0 amide bonds. The molecule has 9 heteroatoms. The van der Waals surface area contributed by atoms with Crippen molar-refractivity contribution in [2.45, 2.75) is 56.3 Å². The van der Waals surface area contributed by atoms with E-state index in [0.717, 1.165) is 5.56 Å². The summed E-state index contributed by atoms with van der Waals surface area (Å²) in [6, 6.07) is 5.33. The molecule has 1 aromatic carbocycles. The van der Waals surface area contributed by atoms with E-state index in [-0.39, 0.29) is 21.4 Å². The lowest BCUT2D eigenvalue weighted by Gasteiger charge is -2.33. The van der Waals surface area contributed by atoms with Crippen LogP contribution in [0.5, 0.6) is 0 Å². The first-order valence-corrected chi connectivity index (χ1v) is 8.94. The summed E-state index contributed by atoms with van der Waals surface area (Å²) in [6.45, 7) is 3.57. The predicted octanol–water partition coefficient (Wildman–Crippen LogP) is 3.19. The lowest BCUT2D eigenvalue weighted by molar-refractivity contribution is -0.291. The van der Waals surface area contributed by atoms with Gasteiger partial charge < -0.3 is 5.11 Å². The average molecular weight is 364 g/mol. The van der Waals surface area contributed by atoms with Crippen LogP contribution in [0.1, 0.15) is 38.2 Å². The van der Waals surface area contributed by atoms with Crippen molar-refractivity contribution in [1.82, 2.24) is 4.41 Å². The Labute approximate surface area is 138 Å². The molecule has 0 aliphatic carbocycles. The van der Waals surface area contributed by atoms with Crippen molar-refractivity contribution in [3.05, 3.63) is 29.8 Å². The molecule has 0 bridgehead atoms. The number of hydrogen-bond donors (Lipinski definition) is 1. The van der Waals surface area contributed by atoms with Gasteiger partial charge in [0, 0.05) is 12.1 Å². The fourth-order valence-electron chi connectivity index (χ4n) is 2.39. The Bertz CT molecular complexity index is 729. The van der Waals surface area contributed by atoms with Crippen LogP contribution in [0.15, 0.2) is 34.3 Å². The van der Waals surface area contributed by atoms with Crippen LogP contribution in [0.4, 0.5) is 13.2 Å². The van der Waals surface area contributed by atoms with Crippen LogP contribution in [0, 0.1) is 6.92 Å². The molecule has 2 rings (SSSR count). The van der Waals surface area contributed by atoms with Crippen LogP contribution >= 0.6 is 0 Å². The Morgan fingerprint density at radius 2 is 1.88 bits per heavy atom. The van der Waals surface area contributed by atoms with Crippen LogP contribution in [-0.4, -0.2) is 35.6 Å². The van der Waals surface area contributed by atoms with Crippen molar-refractivity contribution < 1.29 is 26.7 Å². The van der Waals surface area contributed by atoms with E-state index in [0.29, 0.717) is 12.8 Å². The highest BCUT2D eigenvalue weighted by molar-refractivity contribution is 7.89. The van der Waals surface area contributed by atoms with Gasteiger partial charge in [0.2, 0.25) is 0 Å². The average Bonchev–Trinajstić information content (AvgIpc) is 2.84. The number of hydrazone groups is 1. The first-order chi connectivity index (χ1) is 11.0. The number of rotatable bonds is 5. The summed E-state index contributed by atoms with van der Waals surface area (Å²) >= 11 is 0. The molecule has 0 saturated heterocycles. The molecular weight excluding hydrogens is 345 g/mol. The lowest BCUT2D eigenvalue weighted by Crippen LogP contribution is -2.56. The number of alkyl halides is 3. The lowest BCUT2D eigenvalue weighted by atomic mass is 10.0. The molecule has 1 aliphatic heterocycles. The van der Waals surface area contributed by atoms with E-state index < -0.39 is 28.3 Å². The summed E-state index contributed by atoms with van der Waals surface area (Å²) in [6.07, 6.45) is -4.56. The zero-order valence-electron chi connectivity index (χ0n) is 13.3. The maximum Gasteiger partial charge on any atom is 0.439 e. The molecule has 1 atom stereocenters. The number of sulfonamides is 1. The molecule has 0 unspecified atom stereocenters. The van der Waals surface area contributed by atoms with Gasteiger partial charge >= 0.3 is 6.18 Å². The highest BCUT2D eigenvalue weighted by atomic mass is 32.2. The number of aryl methyl sites for hydroxylation is 1. The van der Waals surface area contributed by atoms with Gasteiger partial charge in [0.1, 0.15) is 0 Å². The molecule has 134 valence electrons. The minimum Gasteiger partial charge on any atom is -0.361 e. The van der Waals surface area contributed by atoms with Crippen LogP contribution in [0.2, 0.25) is 0 Å². The van der Waals surface area contributed by atoms with Gasteiger partial charge in [-0.1, -0.05) is 31.0 Å². The number of halogens is 3. The molecule has 0 radical (unpaired) electrons. The Morgan fingerprint density at radius 3 is 2.38 bits per heavy atom. The number of nitrogens with zero attached hydrogens (tertiary/aromatic N) is 2. The molecule has 1 aliphatic rings. The van der Waals surface area contributed by atoms with Gasteiger partial charge in [-0.05, 0) is 31.9 Å². The van der Waals surface area contributed by atoms with Crippen molar-refractivity contribution in [3.63, 3.8) is 0 Å². The van der Waals surface area contributed by atoms with Gasteiger partial charge in [-0.25, -0.2) is 0 Å². The van der Waals surface area contributed by atoms with Crippen LogP contribution < -0.4 is 0 Å². The topological polar surface area (TPSA) is 70.0 Å². The molecule has 24 heavy (non-hydrogen) atoms. The van der Waals surface area contributed by atoms with E-state index in [1.165, 1.54) is 24.3 Å². The number of aliphatic hydroxyl groups is 1. The fourth-order valence-corrected chi connectivity index (χ4v) is 3.86. The normalized spacial score (nSPS) is 21.9. The van der Waals surface area contributed by atoms with Gasteiger partial charge in [0.15, 0.2) is 0 Å². The summed E-state index contributed by atoms with van der Waals surface area (Å²) in [7, 11) is -4.63. The quantitative estimate of drug-likeness (QED) is 0.872. The maximum absolute atomic E-state index is 13.4. The second-order valence-corrected chi connectivity index (χ2v) is 7.59. The van der Waals surface area contributed by atoms with E-state index in [1.807, 2.05) is 6.92 Å². The summed E-state index contributed by atoms with van der Waals surface area (Å²) in [5.41, 5.74) is -2.78. The molecule has 1 heterocycles. The minimum atomic E-state index is -5.16. The second-order valence-electron chi connectivity index (χ2n) is 5.82. The van der Waals surface area contributed by atoms with E-state index in [9.17, 15) is 26.7 Å². The molecule has 1 aromatic rings. The van der Waals surface area contributed by atoms with E-state index in [1.54, 1.807) is 6.92 Å². The molecule has 0 fully saturated rings. The van der Waals surface area contributed by atoms with Crippen molar-refractivity contribution in [1.29, 1.82) is 0 Å². The third-order valence-electron chi connectivity index (χ3n) is 3.82. The van der Waals surface area contributed by atoms with Crippen molar-refractivity contribution in [2.24, 2.45) is 5.10 Å². The molecule has 1 N–H and O–H groups in total. The number of benzene rings is 1. The number of hydrogen-bond acceptors (Lipinski definition) is 4. The largest absolute Gasteiger partial charge is 0.439 e. The van der Waals surface area contributed by atoms with E-state index >= 15 is 0 Å².